The van der Waals surface area contributed by atoms with Crippen LogP contribution in [0.2, 0.25) is 0 Å². The van der Waals surface area contributed by atoms with E-state index in [0.29, 0.717) is 6.04 Å². The summed E-state index contributed by atoms with van der Waals surface area (Å²) in [5, 5.41) is 3.47. The van der Waals surface area contributed by atoms with E-state index in [1.807, 2.05) is 0 Å². The quantitative estimate of drug-likeness (QED) is 0.803. The minimum Gasteiger partial charge on any atom is -0.475 e. The molecule has 22 heavy (non-hydrogen) atoms. The van der Waals surface area contributed by atoms with Crippen molar-refractivity contribution in [2.75, 3.05) is 13.2 Å². The van der Waals surface area contributed by atoms with Crippen LogP contribution in [0.4, 0.5) is 0 Å². The van der Waals surface area contributed by atoms with Gasteiger partial charge >= 0.3 is 0 Å². The number of rotatable bonds is 6. The van der Waals surface area contributed by atoms with Gasteiger partial charge in [0.15, 0.2) is 0 Å². The SMILES string of the molecule is CC1NCCC=C1c1nsnc1OCCCC1CCCCC1. The zero-order valence-electron chi connectivity index (χ0n) is 13.5. The Bertz CT molecular complexity index is 494. The zero-order chi connectivity index (χ0) is 15.2. The highest BCUT2D eigenvalue weighted by atomic mass is 32.1. The van der Waals surface area contributed by atoms with Gasteiger partial charge in [0.25, 0.3) is 5.88 Å². The first-order valence-corrected chi connectivity index (χ1v) is 9.47. The van der Waals surface area contributed by atoms with Gasteiger partial charge in [-0.15, -0.1) is 4.37 Å². The van der Waals surface area contributed by atoms with Gasteiger partial charge in [-0.25, -0.2) is 0 Å². The Morgan fingerprint density at radius 3 is 2.95 bits per heavy atom. The molecule has 122 valence electrons. The van der Waals surface area contributed by atoms with E-state index >= 15 is 0 Å². The lowest BCUT2D eigenvalue weighted by Gasteiger charge is -2.22. The van der Waals surface area contributed by atoms with Crippen LogP contribution in [-0.4, -0.2) is 27.9 Å². The monoisotopic (exact) mass is 321 g/mol. The Kier molecular flexibility index (Phi) is 5.84. The van der Waals surface area contributed by atoms with Crippen molar-refractivity contribution in [2.24, 2.45) is 5.92 Å². The minimum absolute atomic E-state index is 0.335. The van der Waals surface area contributed by atoms with Crippen molar-refractivity contribution in [2.45, 2.75) is 64.3 Å². The maximum atomic E-state index is 5.94. The number of nitrogens with one attached hydrogen (secondary N) is 1. The molecule has 3 rings (SSSR count). The Hall–Kier alpha value is -0.940. The lowest BCUT2D eigenvalue weighted by atomic mass is 9.86. The summed E-state index contributed by atoms with van der Waals surface area (Å²) in [6.07, 6.45) is 12.9. The number of hydrogen-bond donors (Lipinski definition) is 1. The predicted octanol–water partition coefficient (Wildman–Crippen LogP) is 4.04. The zero-order valence-corrected chi connectivity index (χ0v) is 14.3. The molecule has 1 aliphatic heterocycles. The van der Waals surface area contributed by atoms with Crippen LogP contribution >= 0.6 is 11.7 Å². The van der Waals surface area contributed by atoms with E-state index in [0.717, 1.165) is 43.5 Å². The molecular weight excluding hydrogens is 294 g/mol. The molecule has 2 heterocycles. The summed E-state index contributed by atoms with van der Waals surface area (Å²) in [5.74, 6) is 1.66. The summed E-state index contributed by atoms with van der Waals surface area (Å²) in [5.41, 5.74) is 2.18. The Balaban J connectivity index is 1.49. The fraction of sp³-hybridized carbons (Fsp3) is 0.765. The highest BCUT2D eigenvalue weighted by Crippen LogP contribution is 2.30. The van der Waals surface area contributed by atoms with Gasteiger partial charge in [-0.2, -0.15) is 4.37 Å². The van der Waals surface area contributed by atoms with Gasteiger partial charge in [0.1, 0.15) is 5.69 Å². The molecule has 0 bridgehead atoms. The summed E-state index contributed by atoms with van der Waals surface area (Å²) in [4.78, 5) is 0. The van der Waals surface area contributed by atoms with Crippen LogP contribution in [0.15, 0.2) is 6.08 Å². The van der Waals surface area contributed by atoms with Crippen LogP contribution in [0, 0.1) is 5.92 Å². The molecule has 1 aromatic rings. The third kappa shape index (κ3) is 4.07. The van der Waals surface area contributed by atoms with Crippen LogP contribution in [0.3, 0.4) is 0 Å². The van der Waals surface area contributed by atoms with Gasteiger partial charge in [0, 0.05) is 6.04 Å². The molecular formula is C17H27N3OS. The number of ether oxygens (including phenoxy) is 1. The van der Waals surface area contributed by atoms with Gasteiger partial charge in [0.2, 0.25) is 0 Å². The minimum atomic E-state index is 0.335. The van der Waals surface area contributed by atoms with E-state index < -0.39 is 0 Å². The summed E-state index contributed by atoms with van der Waals surface area (Å²) in [6, 6.07) is 0.335. The second-order valence-electron chi connectivity index (χ2n) is 6.54. The third-order valence-electron chi connectivity index (χ3n) is 4.88. The highest BCUT2D eigenvalue weighted by molar-refractivity contribution is 6.99. The van der Waals surface area contributed by atoms with Crippen LogP contribution < -0.4 is 10.1 Å². The molecule has 4 nitrogen and oxygen atoms in total. The molecule has 1 aromatic heterocycles. The van der Waals surface area contributed by atoms with E-state index in [1.54, 1.807) is 0 Å². The molecule has 0 spiro atoms. The lowest BCUT2D eigenvalue weighted by Crippen LogP contribution is -2.31. The molecule has 0 aromatic carbocycles. The first-order chi connectivity index (χ1) is 10.8. The fourth-order valence-corrected chi connectivity index (χ4v) is 4.10. The maximum absolute atomic E-state index is 5.94. The average Bonchev–Trinajstić information content (AvgIpc) is 3.01. The van der Waals surface area contributed by atoms with Crippen LogP contribution in [0.5, 0.6) is 5.88 Å². The molecule has 2 aliphatic rings. The van der Waals surface area contributed by atoms with Crippen molar-refractivity contribution in [3.63, 3.8) is 0 Å². The second-order valence-corrected chi connectivity index (χ2v) is 7.07. The molecule has 1 N–H and O–H groups in total. The smallest absolute Gasteiger partial charge is 0.253 e. The Morgan fingerprint density at radius 1 is 1.27 bits per heavy atom. The molecule has 5 heteroatoms. The van der Waals surface area contributed by atoms with E-state index in [2.05, 4.69) is 27.1 Å². The largest absolute Gasteiger partial charge is 0.475 e. The second kappa shape index (κ2) is 8.06. The van der Waals surface area contributed by atoms with Gasteiger partial charge in [-0.05, 0) is 44.2 Å². The molecule has 0 saturated heterocycles. The van der Waals surface area contributed by atoms with E-state index in [-0.39, 0.29) is 0 Å². The first kappa shape index (κ1) is 15.9. The van der Waals surface area contributed by atoms with Crippen LogP contribution in [0.25, 0.3) is 5.57 Å². The van der Waals surface area contributed by atoms with Gasteiger partial charge in [0.05, 0.1) is 18.3 Å². The average molecular weight is 321 g/mol. The lowest BCUT2D eigenvalue weighted by molar-refractivity contribution is 0.263. The first-order valence-electron chi connectivity index (χ1n) is 8.74. The van der Waals surface area contributed by atoms with Gasteiger partial charge < -0.3 is 10.1 Å². The number of aromatic nitrogens is 2. The summed E-state index contributed by atoms with van der Waals surface area (Å²) < 4.78 is 14.7. The van der Waals surface area contributed by atoms with E-state index in [4.69, 9.17) is 4.74 Å². The van der Waals surface area contributed by atoms with E-state index in [1.165, 1.54) is 55.8 Å². The standard InChI is InChI=1S/C17H27N3OS/c1-13-15(10-5-11-18-13)16-17(20-22-19-16)21-12-6-9-14-7-3-2-4-8-14/h10,13-14,18H,2-9,11-12H2,1H3. The Labute approximate surface area is 137 Å². The molecule has 1 saturated carbocycles. The number of hydrogen-bond acceptors (Lipinski definition) is 5. The summed E-state index contributed by atoms with van der Waals surface area (Å²) in [6.45, 7) is 3.99. The van der Waals surface area contributed by atoms with Gasteiger partial charge in [-0.1, -0.05) is 38.2 Å². The van der Waals surface area contributed by atoms with E-state index in [9.17, 15) is 0 Å². The Morgan fingerprint density at radius 2 is 2.14 bits per heavy atom. The molecule has 1 aliphatic carbocycles. The number of nitrogens with zero attached hydrogens (tertiary/aromatic N) is 2. The van der Waals surface area contributed by atoms with Gasteiger partial charge in [-0.3, -0.25) is 0 Å². The third-order valence-corrected chi connectivity index (χ3v) is 5.39. The van der Waals surface area contributed by atoms with Crippen LogP contribution in [0.1, 0.15) is 64.0 Å². The van der Waals surface area contributed by atoms with Crippen molar-refractivity contribution < 1.29 is 4.74 Å². The predicted molar refractivity (Wildman–Crippen MR) is 91.3 cm³/mol. The molecule has 1 fully saturated rings. The van der Waals surface area contributed by atoms with Crippen molar-refractivity contribution in [3.8, 4) is 5.88 Å². The van der Waals surface area contributed by atoms with Crippen molar-refractivity contribution in [1.29, 1.82) is 0 Å². The fourth-order valence-electron chi connectivity index (χ4n) is 3.58. The topological polar surface area (TPSA) is 47.0 Å². The van der Waals surface area contributed by atoms with Crippen LogP contribution in [-0.2, 0) is 0 Å². The normalized spacial score (nSPS) is 23.3. The van der Waals surface area contributed by atoms with Crippen molar-refractivity contribution in [3.05, 3.63) is 11.8 Å². The summed E-state index contributed by atoms with van der Waals surface area (Å²) in [7, 11) is 0. The molecule has 0 amide bonds. The molecule has 1 atom stereocenters. The maximum Gasteiger partial charge on any atom is 0.253 e. The molecule has 0 radical (unpaired) electrons. The highest BCUT2D eigenvalue weighted by Gasteiger charge is 2.21. The molecule has 1 unspecified atom stereocenters. The summed E-state index contributed by atoms with van der Waals surface area (Å²) >= 11 is 1.25. The van der Waals surface area contributed by atoms with Crippen molar-refractivity contribution in [1.82, 2.24) is 14.1 Å². The van der Waals surface area contributed by atoms with Crippen molar-refractivity contribution >= 4 is 17.3 Å².